The fourth-order valence-corrected chi connectivity index (χ4v) is 3.58. The van der Waals surface area contributed by atoms with Gasteiger partial charge in [0.25, 0.3) is 5.91 Å². The fraction of sp³-hybridized carbons (Fsp3) is 0.316. The molecule has 0 aromatic heterocycles. The average Bonchev–Trinajstić information content (AvgIpc) is 2.62. The molecule has 0 N–H and O–H groups in total. The first kappa shape index (κ1) is 17.3. The van der Waals surface area contributed by atoms with Gasteiger partial charge in [-0.3, -0.25) is 4.79 Å². The van der Waals surface area contributed by atoms with Crippen LogP contribution < -0.4 is 4.74 Å². The maximum absolute atomic E-state index is 13.0. The van der Waals surface area contributed by atoms with E-state index in [9.17, 15) is 4.79 Å². The van der Waals surface area contributed by atoms with Crippen LogP contribution in [0.15, 0.2) is 53.0 Å². The van der Waals surface area contributed by atoms with Crippen molar-refractivity contribution >= 4 is 33.4 Å². The third-order valence-electron chi connectivity index (χ3n) is 4.13. The highest BCUT2D eigenvalue weighted by atomic mass is 79.9. The third-order valence-corrected chi connectivity index (χ3v) is 4.92. The van der Waals surface area contributed by atoms with Crippen LogP contribution in [0.2, 0.25) is 5.02 Å². The molecule has 0 saturated carbocycles. The van der Waals surface area contributed by atoms with Crippen molar-refractivity contribution in [3.8, 4) is 5.75 Å². The lowest BCUT2D eigenvalue weighted by Gasteiger charge is -2.31. The van der Waals surface area contributed by atoms with Gasteiger partial charge < -0.3 is 9.64 Å². The SMILES string of the molecule is O=C([C@@H](Oc1ccc(Br)cc1Cl)c1ccccc1)N1CCCCC1. The summed E-state index contributed by atoms with van der Waals surface area (Å²) in [5.41, 5.74) is 0.840. The van der Waals surface area contributed by atoms with E-state index < -0.39 is 6.10 Å². The van der Waals surface area contributed by atoms with Gasteiger partial charge in [-0.1, -0.05) is 57.9 Å². The van der Waals surface area contributed by atoms with Crippen LogP contribution in [-0.4, -0.2) is 23.9 Å². The van der Waals surface area contributed by atoms with Crippen molar-refractivity contribution < 1.29 is 9.53 Å². The van der Waals surface area contributed by atoms with E-state index in [1.807, 2.05) is 41.3 Å². The lowest BCUT2D eigenvalue weighted by molar-refractivity contribution is -0.140. The van der Waals surface area contributed by atoms with Gasteiger partial charge in [0.05, 0.1) is 5.02 Å². The van der Waals surface area contributed by atoms with Crippen LogP contribution in [0.3, 0.4) is 0 Å². The lowest BCUT2D eigenvalue weighted by atomic mass is 10.1. The Balaban J connectivity index is 1.88. The van der Waals surface area contributed by atoms with Crippen molar-refractivity contribution in [1.29, 1.82) is 0 Å². The van der Waals surface area contributed by atoms with Gasteiger partial charge in [-0.25, -0.2) is 0 Å². The molecule has 1 fully saturated rings. The smallest absolute Gasteiger partial charge is 0.268 e. The second-order valence-electron chi connectivity index (χ2n) is 5.87. The highest BCUT2D eigenvalue weighted by Gasteiger charge is 2.29. The normalized spacial score (nSPS) is 15.8. The standard InChI is InChI=1S/C19H19BrClNO2/c20-15-9-10-17(16(21)13-15)24-18(14-7-3-1-4-8-14)19(23)22-11-5-2-6-12-22/h1,3-4,7-10,13,18H,2,5-6,11-12H2/t18-/m0/s1. The number of amides is 1. The van der Waals surface area contributed by atoms with E-state index in [2.05, 4.69) is 15.9 Å². The van der Waals surface area contributed by atoms with Crippen LogP contribution in [0, 0.1) is 0 Å². The minimum Gasteiger partial charge on any atom is -0.474 e. The summed E-state index contributed by atoms with van der Waals surface area (Å²) in [5.74, 6) is 0.513. The molecule has 2 aromatic rings. The van der Waals surface area contributed by atoms with E-state index in [0.29, 0.717) is 10.8 Å². The van der Waals surface area contributed by atoms with Crippen LogP contribution in [-0.2, 0) is 4.79 Å². The molecule has 1 aliphatic heterocycles. The summed E-state index contributed by atoms with van der Waals surface area (Å²) >= 11 is 9.66. The monoisotopic (exact) mass is 407 g/mol. The average molecular weight is 409 g/mol. The topological polar surface area (TPSA) is 29.5 Å². The number of carbonyl (C=O) groups is 1. The Morgan fingerprint density at radius 1 is 1.08 bits per heavy atom. The van der Waals surface area contributed by atoms with Crippen molar-refractivity contribution in [2.75, 3.05) is 13.1 Å². The van der Waals surface area contributed by atoms with Crippen molar-refractivity contribution in [2.45, 2.75) is 25.4 Å². The Labute approximate surface area is 155 Å². The van der Waals surface area contributed by atoms with Gasteiger partial charge in [-0.2, -0.15) is 0 Å². The summed E-state index contributed by atoms with van der Waals surface area (Å²) in [7, 11) is 0. The lowest BCUT2D eigenvalue weighted by Crippen LogP contribution is -2.40. The van der Waals surface area contributed by atoms with Crippen LogP contribution in [0.4, 0.5) is 0 Å². The molecular weight excluding hydrogens is 390 g/mol. The minimum atomic E-state index is -0.678. The van der Waals surface area contributed by atoms with Gasteiger partial charge in [0.2, 0.25) is 6.10 Å². The summed E-state index contributed by atoms with van der Waals surface area (Å²) in [4.78, 5) is 14.9. The van der Waals surface area contributed by atoms with Crippen molar-refractivity contribution in [3.63, 3.8) is 0 Å². The molecule has 0 spiro atoms. The van der Waals surface area contributed by atoms with Crippen molar-refractivity contribution in [1.82, 2.24) is 4.90 Å². The molecule has 1 atom stereocenters. The Morgan fingerprint density at radius 3 is 2.46 bits per heavy atom. The Kier molecular flexibility index (Phi) is 5.80. The number of carbonyl (C=O) groups excluding carboxylic acids is 1. The van der Waals surface area contributed by atoms with Crippen LogP contribution >= 0.6 is 27.5 Å². The molecule has 24 heavy (non-hydrogen) atoms. The summed E-state index contributed by atoms with van der Waals surface area (Å²) < 4.78 is 6.93. The molecule has 0 radical (unpaired) electrons. The molecule has 1 saturated heterocycles. The van der Waals surface area contributed by atoms with Gasteiger partial charge in [0.15, 0.2) is 0 Å². The second-order valence-corrected chi connectivity index (χ2v) is 7.19. The molecule has 0 bridgehead atoms. The Hall–Kier alpha value is -1.52. The predicted octanol–water partition coefficient (Wildman–Crippen LogP) is 5.24. The highest BCUT2D eigenvalue weighted by Crippen LogP contribution is 2.32. The first-order valence-electron chi connectivity index (χ1n) is 8.10. The number of likely N-dealkylation sites (tertiary alicyclic amines) is 1. The number of ether oxygens (including phenoxy) is 1. The maximum atomic E-state index is 13.0. The summed E-state index contributed by atoms with van der Waals surface area (Å²) in [6.45, 7) is 1.58. The zero-order chi connectivity index (χ0) is 16.9. The van der Waals surface area contributed by atoms with E-state index in [0.717, 1.165) is 36.0 Å². The number of piperidine rings is 1. The number of halogens is 2. The molecule has 3 rings (SSSR count). The van der Waals surface area contributed by atoms with Gasteiger partial charge in [-0.15, -0.1) is 0 Å². The van der Waals surface area contributed by atoms with Gasteiger partial charge in [0, 0.05) is 23.1 Å². The highest BCUT2D eigenvalue weighted by molar-refractivity contribution is 9.10. The molecule has 0 unspecified atom stereocenters. The third kappa shape index (κ3) is 4.11. The van der Waals surface area contributed by atoms with Gasteiger partial charge in [-0.05, 0) is 37.5 Å². The molecule has 0 aliphatic carbocycles. The quantitative estimate of drug-likeness (QED) is 0.693. The van der Waals surface area contributed by atoms with Crippen LogP contribution in [0.1, 0.15) is 30.9 Å². The van der Waals surface area contributed by atoms with E-state index in [1.54, 1.807) is 12.1 Å². The zero-order valence-electron chi connectivity index (χ0n) is 13.3. The largest absolute Gasteiger partial charge is 0.474 e. The zero-order valence-corrected chi connectivity index (χ0v) is 15.6. The van der Waals surface area contributed by atoms with Gasteiger partial charge in [0.1, 0.15) is 5.75 Å². The van der Waals surface area contributed by atoms with Crippen molar-refractivity contribution in [3.05, 3.63) is 63.6 Å². The molecule has 126 valence electrons. The van der Waals surface area contributed by atoms with Crippen LogP contribution in [0.25, 0.3) is 0 Å². The second kappa shape index (κ2) is 8.04. The van der Waals surface area contributed by atoms with Crippen LogP contribution in [0.5, 0.6) is 5.75 Å². The van der Waals surface area contributed by atoms with E-state index in [1.165, 1.54) is 6.42 Å². The Bertz CT molecular complexity index is 702. The molecule has 2 aromatic carbocycles. The van der Waals surface area contributed by atoms with Crippen molar-refractivity contribution in [2.24, 2.45) is 0 Å². The first-order chi connectivity index (χ1) is 11.6. The van der Waals surface area contributed by atoms with Gasteiger partial charge >= 0.3 is 0 Å². The fourth-order valence-electron chi connectivity index (χ4n) is 2.87. The molecule has 1 aliphatic rings. The summed E-state index contributed by atoms with van der Waals surface area (Å²) in [6, 6.07) is 15.0. The predicted molar refractivity (Wildman–Crippen MR) is 99.4 cm³/mol. The molecule has 5 heteroatoms. The number of rotatable bonds is 4. The first-order valence-corrected chi connectivity index (χ1v) is 9.28. The maximum Gasteiger partial charge on any atom is 0.268 e. The number of benzene rings is 2. The molecule has 1 heterocycles. The number of nitrogens with zero attached hydrogens (tertiary/aromatic N) is 1. The minimum absolute atomic E-state index is 0.000106. The van der Waals surface area contributed by atoms with E-state index >= 15 is 0 Å². The molecule has 1 amide bonds. The molecular formula is C19H19BrClNO2. The summed E-state index contributed by atoms with van der Waals surface area (Å²) in [5, 5.41) is 0.483. The van der Waals surface area contributed by atoms with E-state index in [-0.39, 0.29) is 5.91 Å². The summed E-state index contributed by atoms with van der Waals surface area (Å²) in [6.07, 6.45) is 2.60. The number of hydrogen-bond donors (Lipinski definition) is 0. The Morgan fingerprint density at radius 2 is 1.79 bits per heavy atom. The number of hydrogen-bond acceptors (Lipinski definition) is 2. The van der Waals surface area contributed by atoms with E-state index in [4.69, 9.17) is 16.3 Å². The molecule has 3 nitrogen and oxygen atoms in total.